The molecule has 5 nitrogen and oxygen atoms in total. The molecule has 0 aromatic heterocycles. The van der Waals surface area contributed by atoms with E-state index >= 15 is 0 Å². The quantitative estimate of drug-likeness (QED) is 0.685. The van der Waals surface area contributed by atoms with Crippen LogP contribution in [-0.2, 0) is 4.79 Å². The maximum absolute atomic E-state index is 13.0. The molecule has 2 rings (SSSR count). The number of alkyl halides is 4. The van der Waals surface area contributed by atoms with Gasteiger partial charge in [-0.15, -0.1) is 0 Å². The van der Waals surface area contributed by atoms with E-state index < -0.39 is 25.0 Å². The van der Waals surface area contributed by atoms with Crippen LogP contribution < -0.4 is 0 Å². The number of halogens is 4. The summed E-state index contributed by atoms with van der Waals surface area (Å²) in [6.07, 6.45) is -3.02. The minimum atomic E-state index is -3.99. The number of rotatable bonds is 7. The minimum Gasteiger partial charge on any atom is -0.390 e. The first kappa shape index (κ1) is 18.4. The van der Waals surface area contributed by atoms with Gasteiger partial charge in [-0.3, -0.25) is 14.6 Å². The largest absolute Gasteiger partial charge is 0.390 e. The molecule has 2 heterocycles. The monoisotopic (exact) mass is 341 g/mol. The van der Waals surface area contributed by atoms with Crippen molar-refractivity contribution in [3.63, 3.8) is 0 Å². The predicted molar refractivity (Wildman–Crippen MR) is 75.7 cm³/mol. The van der Waals surface area contributed by atoms with Gasteiger partial charge in [0, 0.05) is 52.2 Å². The van der Waals surface area contributed by atoms with Crippen LogP contribution in [0.1, 0.15) is 12.8 Å². The van der Waals surface area contributed by atoms with E-state index in [4.69, 9.17) is 0 Å². The molecular weight excluding hydrogens is 318 g/mol. The predicted octanol–water partition coefficient (Wildman–Crippen LogP) is 0.488. The van der Waals surface area contributed by atoms with Crippen LogP contribution in [0.4, 0.5) is 17.6 Å². The number of hydrogen-bond donors (Lipinski definition) is 1. The molecule has 1 atom stereocenters. The smallest absolute Gasteiger partial charge is 0.319 e. The molecule has 2 aliphatic rings. The summed E-state index contributed by atoms with van der Waals surface area (Å²) in [6.45, 7) is 1.74. The molecule has 0 saturated carbocycles. The average molecular weight is 341 g/mol. The van der Waals surface area contributed by atoms with E-state index in [0.717, 1.165) is 6.42 Å². The first-order valence-corrected chi connectivity index (χ1v) is 7.84. The van der Waals surface area contributed by atoms with Crippen LogP contribution in [0.2, 0.25) is 0 Å². The molecule has 2 aliphatic heterocycles. The molecule has 0 aromatic carbocycles. The number of carbonyl (C=O) groups excluding carboxylic acids is 1. The molecule has 1 amide bonds. The Bertz CT molecular complexity index is 403. The van der Waals surface area contributed by atoms with Crippen LogP contribution in [0.15, 0.2) is 0 Å². The second-order valence-corrected chi connectivity index (χ2v) is 6.24. The number of aliphatic hydroxyl groups excluding tert-OH is 1. The Morgan fingerprint density at radius 3 is 2.17 bits per heavy atom. The third-order valence-corrected chi connectivity index (χ3v) is 4.29. The van der Waals surface area contributed by atoms with E-state index in [-0.39, 0.29) is 25.5 Å². The normalized spacial score (nSPS) is 23.0. The van der Waals surface area contributed by atoms with Crippen molar-refractivity contribution < 1.29 is 27.5 Å². The van der Waals surface area contributed by atoms with Gasteiger partial charge in [0.1, 0.15) is 0 Å². The Kier molecular flexibility index (Phi) is 6.21. The molecule has 23 heavy (non-hydrogen) atoms. The molecular formula is C14H23F4N3O2. The number of hydrogen-bond acceptors (Lipinski definition) is 4. The molecule has 0 bridgehead atoms. The van der Waals surface area contributed by atoms with Gasteiger partial charge < -0.3 is 10.0 Å². The lowest BCUT2D eigenvalue weighted by Gasteiger charge is -2.37. The lowest BCUT2D eigenvalue weighted by molar-refractivity contribution is -0.145. The number of piperazine rings is 1. The van der Waals surface area contributed by atoms with Crippen molar-refractivity contribution in [2.45, 2.75) is 31.3 Å². The zero-order valence-electron chi connectivity index (χ0n) is 12.9. The first-order chi connectivity index (χ1) is 10.8. The molecule has 2 saturated heterocycles. The molecule has 0 aliphatic carbocycles. The molecule has 0 aromatic rings. The van der Waals surface area contributed by atoms with Crippen molar-refractivity contribution in [2.24, 2.45) is 0 Å². The second kappa shape index (κ2) is 7.76. The van der Waals surface area contributed by atoms with Gasteiger partial charge in [-0.2, -0.15) is 8.78 Å². The third-order valence-electron chi connectivity index (χ3n) is 4.29. The Hall–Kier alpha value is -0.930. The third kappa shape index (κ3) is 5.29. The Balaban J connectivity index is 1.69. The van der Waals surface area contributed by atoms with Crippen LogP contribution in [0.3, 0.4) is 0 Å². The zero-order valence-corrected chi connectivity index (χ0v) is 12.9. The zero-order chi connectivity index (χ0) is 17.0. The summed E-state index contributed by atoms with van der Waals surface area (Å²) in [6, 6.07) is 0. The number of β-amino-alcohol motifs (C(OH)–C–C–N with tert-alkyl or cyclic N) is 1. The Labute approximate surface area is 132 Å². The summed E-state index contributed by atoms with van der Waals surface area (Å²) >= 11 is 0. The van der Waals surface area contributed by atoms with Crippen LogP contribution in [0.25, 0.3) is 0 Å². The van der Waals surface area contributed by atoms with E-state index in [1.165, 1.54) is 4.90 Å². The van der Waals surface area contributed by atoms with Crippen LogP contribution in [-0.4, -0.2) is 96.5 Å². The topological polar surface area (TPSA) is 47.0 Å². The van der Waals surface area contributed by atoms with Crippen molar-refractivity contribution in [1.82, 2.24) is 14.7 Å². The van der Waals surface area contributed by atoms with E-state index in [2.05, 4.69) is 0 Å². The van der Waals surface area contributed by atoms with Crippen molar-refractivity contribution in [3.05, 3.63) is 0 Å². The maximum Gasteiger partial charge on any atom is 0.319 e. The minimum absolute atomic E-state index is 0.0445. The van der Waals surface area contributed by atoms with Crippen molar-refractivity contribution >= 4 is 5.91 Å². The van der Waals surface area contributed by atoms with E-state index in [9.17, 15) is 27.5 Å². The highest BCUT2D eigenvalue weighted by Crippen LogP contribution is 2.24. The molecule has 1 N–H and O–H groups in total. The van der Waals surface area contributed by atoms with Gasteiger partial charge in [-0.1, -0.05) is 0 Å². The number of nitrogens with zero attached hydrogens (tertiary/aromatic N) is 3. The molecule has 9 heteroatoms. The first-order valence-electron chi connectivity index (χ1n) is 7.84. The highest BCUT2D eigenvalue weighted by atomic mass is 19.3. The number of aliphatic hydroxyl groups is 1. The highest BCUT2D eigenvalue weighted by Gasteiger charge is 2.42. The van der Waals surface area contributed by atoms with E-state index in [1.807, 2.05) is 4.90 Å². The van der Waals surface area contributed by atoms with Gasteiger partial charge in [0.25, 0.3) is 0 Å². The molecule has 0 radical (unpaired) electrons. The Morgan fingerprint density at radius 2 is 1.65 bits per heavy atom. The average Bonchev–Trinajstić information content (AvgIpc) is 2.86. The fourth-order valence-electron chi connectivity index (χ4n) is 3.00. The molecule has 2 fully saturated rings. The van der Waals surface area contributed by atoms with Gasteiger partial charge in [0.05, 0.1) is 12.6 Å². The number of amides is 1. The molecule has 0 spiro atoms. The van der Waals surface area contributed by atoms with Crippen molar-refractivity contribution in [1.29, 1.82) is 0 Å². The summed E-state index contributed by atoms with van der Waals surface area (Å²) in [7, 11) is 0. The summed E-state index contributed by atoms with van der Waals surface area (Å²) in [5.41, 5.74) is 0. The molecule has 1 unspecified atom stereocenters. The van der Waals surface area contributed by atoms with Gasteiger partial charge >= 0.3 is 12.3 Å². The van der Waals surface area contributed by atoms with E-state index in [1.54, 1.807) is 4.90 Å². The van der Waals surface area contributed by atoms with Gasteiger partial charge in [-0.05, 0) is 6.42 Å². The summed E-state index contributed by atoms with van der Waals surface area (Å²) in [5.74, 6) is -3.94. The maximum atomic E-state index is 13.0. The van der Waals surface area contributed by atoms with Gasteiger partial charge in [-0.25, -0.2) is 8.78 Å². The summed E-state index contributed by atoms with van der Waals surface area (Å²) in [5, 5.41) is 10.0. The fourth-order valence-corrected chi connectivity index (χ4v) is 3.00. The summed E-state index contributed by atoms with van der Waals surface area (Å²) < 4.78 is 50.4. The molecule has 134 valence electrons. The lowest BCUT2D eigenvalue weighted by atomic mass is 10.2. The van der Waals surface area contributed by atoms with Crippen LogP contribution in [0, 0.1) is 0 Å². The summed E-state index contributed by atoms with van der Waals surface area (Å²) in [4.78, 5) is 16.3. The van der Waals surface area contributed by atoms with Crippen LogP contribution >= 0.6 is 0 Å². The number of likely N-dealkylation sites (tertiary alicyclic amines) is 1. The standard InChI is InChI=1S/C14H23F4N3O2/c15-13(16)14(17,18)10-20-6-4-19(5-7-20)8-11(22)9-21-3-1-2-12(21)23/h11,13,22H,1-10H2. The SMILES string of the molecule is O=C1CCCN1CC(O)CN1CCN(CC(F)(F)C(F)F)CC1. The van der Waals surface area contributed by atoms with Gasteiger partial charge in [0.15, 0.2) is 0 Å². The van der Waals surface area contributed by atoms with Crippen molar-refractivity contribution in [2.75, 3.05) is 52.4 Å². The van der Waals surface area contributed by atoms with Gasteiger partial charge in [0.2, 0.25) is 5.91 Å². The Morgan fingerprint density at radius 1 is 1.04 bits per heavy atom. The number of carbonyl (C=O) groups is 1. The van der Waals surface area contributed by atoms with Crippen molar-refractivity contribution in [3.8, 4) is 0 Å². The van der Waals surface area contributed by atoms with E-state index in [0.29, 0.717) is 32.6 Å². The fraction of sp³-hybridized carbons (Fsp3) is 0.929. The highest BCUT2D eigenvalue weighted by molar-refractivity contribution is 5.78. The van der Waals surface area contributed by atoms with Crippen LogP contribution in [0.5, 0.6) is 0 Å². The second-order valence-electron chi connectivity index (χ2n) is 6.24. The lowest BCUT2D eigenvalue weighted by Crippen LogP contribution is -2.53.